The summed E-state index contributed by atoms with van der Waals surface area (Å²) in [6, 6.07) is 14.7. The van der Waals surface area contributed by atoms with E-state index in [0.29, 0.717) is 16.8 Å². The maximum Gasteiger partial charge on any atom is 0.182 e. The van der Waals surface area contributed by atoms with Gasteiger partial charge < -0.3 is 5.73 Å². The lowest BCUT2D eigenvalue weighted by molar-refractivity contribution is 0.595. The van der Waals surface area contributed by atoms with E-state index in [-0.39, 0.29) is 10.6 Å². The van der Waals surface area contributed by atoms with Crippen molar-refractivity contribution >= 4 is 15.5 Å². The fourth-order valence-corrected chi connectivity index (χ4v) is 3.09. The third-order valence-electron chi connectivity index (χ3n) is 2.66. The predicted molar refractivity (Wildman–Crippen MR) is 72.9 cm³/mol. The average molecular weight is 272 g/mol. The Kier molecular flexibility index (Phi) is 3.54. The van der Waals surface area contributed by atoms with Crippen molar-refractivity contribution in [2.24, 2.45) is 0 Å². The van der Waals surface area contributed by atoms with Crippen LogP contribution in [0.25, 0.3) is 0 Å². The van der Waals surface area contributed by atoms with Gasteiger partial charge in [0, 0.05) is 5.69 Å². The normalized spacial score (nSPS) is 10.9. The standard InChI is InChI=1S/C14H12N2O2S/c15-9-11-4-6-12(7-5-11)10-19(17,18)14-3-1-2-13(16)8-14/h1-8H,10,16H2. The van der Waals surface area contributed by atoms with Gasteiger partial charge in [-0.2, -0.15) is 5.26 Å². The summed E-state index contributed by atoms with van der Waals surface area (Å²) < 4.78 is 24.4. The molecule has 0 aliphatic rings. The predicted octanol–water partition coefficient (Wildman–Crippen LogP) is 2.11. The lowest BCUT2D eigenvalue weighted by Gasteiger charge is -2.05. The number of nitrogen functional groups attached to an aromatic ring is 1. The summed E-state index contributed by atoms with van der Waals surface area (Å²) >= 11 is 0. The second kappa shape index (κ2) is 5.12. The Labute approximate surface area is 112 Å². The van der Waals surface area contributed by atoms with Gasteiger partial charge in [-0.15, -0.1) is 0 Å². The highest BCUT2D eigenvalue weighted by molar-refractivity contribution is 7.90. The van der Waals surface area contributed by atoms with Crippen LogP contribution in [0.4, 0.5) is 5.69 Å². The van der Waals surface area contributed by atoms with Gasteiger partial charge in [0.15, 0.2) is 9.84 Å². The van der Waals surface area contributed by atoms with Gasteiger partial charge in [-0.25, -0.2) is 8.42 Å². The van der Waals surface area contributed by atoms with E-state index in [4.69, 9.17) is 11.0 Å². The van der Waals surface area contributed by atoms with Crippen molar-refractivity contribution in [2.45, 2.75) is 10.6 Å². The highest BCUT2D eigenvalue weighted by Crippen LogP contribution is 2.18. The molecule has 0 saturated carbocycles. The van der Waals surface area contributed by atoms with Gasteiger partial charge in [0.2, 0.25) is 0 Å². The van der Waals surface area contributed by atoms with Crippen LogP contribution >= 0.6 is 0 Å². The second-order valence-corrected chi connectivity index (χ2v) is 6.13. The van der Waals surface area contributed by atoms with Crippen molar-refractivity contribution in [2.75, 3.05) is 5.73 Å². The number of nitrogens with zero attached hydrogens (tertiary/aromatic N) is 1. The topological polar surface area (TPSA) is 84.0 Å². The monoisotopic (exact) mass is 272 g/mol. The first-order chi connectivity index (χ1) is 9.01. The van der Waals surface area contributed by atoms with Gasteiger partial charge in [-0.1, -0.05) is 18.2 Å². The minimum absolute atomic E-state index is 0.109. The molecule has 0 radical (unpaired) electrons. The Morgan fingerprint density at radius 1 is 1.11 bits per heavy atom. The molecule has 5 heteroatoms. The van der Waals surface area contributed by atoms with Gasteiger partial charge in [0.1, 0.15) is 0 Å². The molecule has 2 N–H and O–H groups in total. The van der Waals surface area contributed by atoms with Crippen molar-refractivity contribution in [1.29, 1.82) is 5.26 Å². The molecule has 2 rings (SSSR count). The van der Waals surface area contributed by atoms with Crippen LogP contribution in [0.2, 0.25) is 0 Å². The van der Waals surface area contributed by atoms with Gasteiger partial charge in [-0.05, 0) is 35.9 Å². The number of anilines is 1. The molecule has 0 fully saturated rings. The summed E-state index contributed by atoms with van der Waals surface area (Å²) in [5.41, 5.74) is 7.15. The zero-order chi connectivity index (χ0) is 13.9. The molecule has 0 aliphatic carbocycles. The molecule has 2 aromatic carbocycles. The maximum atomic E-state index is 12.2. The fraction of sp³-hybridized carbons (Fsp3) is 0.0714. The van der Waals surface area contributed by atoms with E-state index >= 15 is 0 Å². The van der Waals surface area contributed by atoms with Gasteiger partial charge in [0.05, 0.1) is 22.3 Å². The molecule has 19 heavy (non-hydrogen) atoms. The highest BCUT2D eigenvalue weighted by atomic mass is 32.2. The Bertz CT molecular complexity index is 729. The van der Waals surface area contributed by atoms with Crippen LogP contribution in [0.1, 0.15) is 11.1 Å². The van der Waals surface area contributed by atoms with E-state index in [0.717, 1.165) is 0 Å². The Morgan fingerprint density at radius 2 is 1.79 bits per heavy atom. The Balaban J connectivity index is 2.28. The first-order valence-electron chi connectivity index (χ1n) is 5.58. The van der Waals surface area contributed by atoms with E-state index in [9.17, 15) is 8.42 Å². The Hall–Kier alpha value is -2.32. The third-order valence-corrected chi connectivity index (χ3v) is 4.34. The Morgan fingerprint density at radius 3 is 2.37 bits per heavy atom. The quantitative estimate of drug-likeness (QED) is 0.867. The smallest absolute Gasteiger partial charge is 0.182 e. The number of sulfone groups is 1. The van der Waals surface area contributed by atoms with E-state index < -0.39 is 9.84 Å². The van der Waals surface area contributed by atoms with E-state index in [2.05, 4.69) is 0 Å². The van der Waals surface area contributed by atoms with Crippen molar-refractivity contribution in [1.82, 2.24) is 0 Å². The van der Waals surface area contributed by atoms with Gasteiger partial charge in [0.25, 0.3) is 0 Å². The number of nitriles is 1. The highest BCUT2D eigenvalue weighted by Gasteiger charge is 2.15. The fourth-order valence-electron chi connectivity index (χ4n) is 1.69. The molecule has 0 saturated heterocycles. The third kappa shape index (κ3) is 3.12. The van der Waals surface area contributed by atoms with Crippen LogP contribution in [0.3, 0.4) is 0 Å². The van der Waals surface area contributed by atoms with Crippen LogP contribution in [0.15, 0.2) is 53.4 Å². The summed E-state index contributed by atoms with van der Waals surface area (Å²) in [6.07, 6.45) is 0. The van der Waals surface area contributed by atoms with E-state index in [1.165, 1.54) is 12.1 Å². The minimum Gasteiger partial charge on any atom is -0.399 e. The number of hydrogen-bond acceptors (Lipinski definition) is 4. The molecule has 0 bridgehead atoms. The molecule has 0 heterocycles. The van der Waals surface area contributed by atoms with Crippen LogP contribution < -0.4 is 5.73 Å². The maximum absolute atomic E-state index is 12.2. The molecule has 4 nitrogen and oxygen atoms in total. The number of hydrogen-bond donors (Lipinski definition) is 1. The van der Waals surface area contributed by atoms with Crippen LogP contribution in [0.5, 0.6) is 0 Å². The first kappa shape index (κ1) is 13.1. The molecule has 0 atom stereocenters. The molecular formula is C14H12N2O2S. The lowest BCUT2D eigenvalue weighted by atomic mass is 10.2. The lowest BCUT2D eigenvalue weighted by Crippen LogP contribution is -2.05. The van der Waals surface area contributed by atoms with Gasteiger partial charge in [-0.3, -0.25) is 0 Å². The minimum atomic E-state index is -3.42. The van der Waals surface area contributed by atoms with Crippen LogP contribution in [-0.2, 0) is 15.6 Å². The summed E-state index contributed by atoms with van der Waals surface area (Å²) in [5, 5.41) is 8.69. The molecule has 0 aliphatic heterocycles. The van der Waals surface area contributed by atoms with Crippen molar-refractivity contribution < 1.29 is 8.42 Å². The zero-order valence-corrected chi connectivity index (χ0v) is 10.9. The summed E-state index contributed by atoms with van der Waals surface area (Å²) in [5.74, 6) is -0.109. The SMILES string of the molecule is N#Cc1ccc(CS(=O)(=O)c2cccc(N)c2)cc1. The number of benzene rings is 2. The molecule has 96 valence electrons. The molecule has 2 aromatic rings. The number of nitrogens with two attached hydrogens (primary N) is 1. The molecule has 0 spiro atoms. The van der Waals surface area contributed by atoms with Crippen LogP contribution in [-0.4, -0.2) is 8.42 Å². The average Bonchev–Trinajstić information content (AvgIpc) is 2.39. The van der Waals surface area contributed by atoms with Crippen LogP contribution in [0, 0.1) is 11.3 Å². The molecule has 0 amide bonds. The van der Waals surface area contributed by atoms with Crippen molar-refractivity contribution in [3.05, 3.63) is 59.7 Å². The first-order valence-corrected chi connectivity index (χ1v) is 7.24. The summed E-state index contributed by atoms with van der Waals surface area (Å²) in [7, 11) is -3.42. The second-order valence-electron chi connectivity index (χ2n) is 4.14. The molecule has 0 aromatic heterocycles. The largest absolute Gasteiger partial charge is 0.399 e. The summed E-state index contributed by atoms with van der Waals surface area (Å²) in [6.45, 7) is 0. The van der Waals surface area contributed by atoms with E-state index in [1.807, 2.05) is 6.07 Å². The van der Waals surface area contributed by atoms with Gasteiger partial charge >= 0.3 is 0 Å². The molecule has 0 unspecified atom stereocenters. The van der Waals surface area contributed by atoms with E-state index in [1.54, 1.807) is 36.4 Å². The summed E-state index contributed by atoms with van der Waals surface area (Å²) in [4.78, 5) is 0.205. The van der Waals surface area contributed by atoms with Crippen molar-refractivity contribution in [3.63, 3.8) is 0 Å². The number of rotatable bonds is 3. The zero-order valence-electron chi connectivity index (χ0n) is 10.1. The molecular weight excluding hydrogens is 260 g/mol. The van der Waals surface area contributed by atoms with Crippen molar-refractivity contribution in [3.8, 4) is 6.07 Å².